The lowest BCUT2D eigenvalue weighted by Gasteiger charge is -2.39. The molecule has 0 amide bonds. The van der Waals surface area contributed by atoms with Gasteiger partial charge in [-0.3, -0.25) is 4.79 Å². The lowest BCUT2D eigenvalue weighted by atomic mass is 9.85. The van der Waals surface area contributed by atoms with Crippen molar-refractivity contribution in [2.24, 2.45) is 5.92 Å². The van der Waals surface area contributed by atoms with E-state index in [1.807, 2.05) is 48.2 Å². The van der Waals surface area contributed by atoms with E-state index in [0.29, 0.717) is 0 Å². The summed E-state index contributed by atoms with van der Waals surface area (Å²) in [6.45, 7) is 0. The molecule has 0 unspecified atom stereocenters. The minimum atomic E-state index is -0.490. The van der Waals surface area contributed by atoms with Crippen LogP contribution in [0.2, 0.25) is 0 Å². The van der Waals surface area contributed by atoms with Crippen molar-refractivity contribution in [3.63, 3.8) is 0 Å². The Labute approximate surface area is 206 Å². The predicted octanol–water partition coefficient (Wildman–Crippen LogP) is 7.86. The highest BCUT2D eigenvalue weighted by Crippen LogP contribution is 2.67. The van der Waals surface area contributed by atoms with Crippen LogP contribution in [-0.2, 0) is 4.87 Å². The number of nitrogens with zero attached hydrogens (tertiary/aromatic N) is 1. The molecule has 33 heavy (non-hydrogen) atoms. The van der Waals surface area contributed by atoms with Gasteiger partial charge in [0.25, 0.3) is 0 Å². The van der Waals surface area contributed by atoms with E-state index in [-0.39, 0.29) is 17.7 Å². The van der Waals surface area contributed by atoms with E-state index >= 15 is 0 Å². The summed E-state index contributed by atoms with van der Waals surface area (Å²) in [4.78, 5) is 17.4. The molecule has 0 aromatic heterocycles. The van der Waals surface area contributed by atoms with Crippen LogP contribution in [0.1, 0.15) is 33.9 Å². The number of carbonyl (C=O) groups excluding carboxylic acids is 1. The van der Waals surface area contributed by atoms with Gasteiger partial charge < -0.3 is 4.90 Å². The van der Waals surface area contributed by atoms with Crippen LogP contribution in [0.5, 0.6) is 0 Å². The SMILES string of the molecule is O=C(c1ccccc1)[C@H]1C[C@H](c2ccc(Br)cc2)N2c3ccccc3S[C@@]12c1ccccc1. The number of fused-ring (bicyclic) bond motifs is 3. The fourth-order valence-corrected chi connectivity index (χ4v) is 7.34. The Kier molecular flexibility index (Phi) is 5.16. The Morgan fingerprint density at radius 2 is 1.45 bits per heavy atom. The van der Waals surface area contributed by atoms with Gasteiger partial charge >= 0.3 is 0 Å². The molecule has 2 aliphatic heterocycles. The molecule has 2 aliphatic rings. The van der Waals surface area contributed by atoms with Crippen LogP contribution in [0, 0.1) is 5.92 Å². The van der Waals surface area contributed by atoms with Gasteiger partial charge in [-0.1, -0.05) is 113 Å². The van der Waals surface area contributed by atoms with Crippen molar-refractivity contribution < 1.29 is 4.79 Å². The molecule has 0 aliphatic carbocycles. The Balaban J connectivity index is 1.58. The standard InChI is InChI=1S/C29H22BrNOS/c30-23-17-15-20(16-18-23)26-19-24(28(32)21-9-3-1-4-10-21)29(22-11-5-2-6-12-22)31(26)25-13-7-8-14-27(25)33-29/h1-18,24,26H,19H2/t24-,26-,29+/m1/s1. The van der Waals surface area contributed by atoms with Crippen molar-refractivity contribution in [1.82, 2.24) is 0 Å². The summed E-state index contributed by atoms with van der Waals surface area (Å²) < 4.78 is 1.06. The van der Waals surface area contributed by atoms with E-state index in [9.17, 15) is 4.79 Å². The maximum absolute atomic E-state index is 14.1. The summed E-state index contributed by atoms with van der Waals surface area (Å²) >= 11 is 5.41. The highest BCUT2D eigenvalue weighted by atomic mass is 79.9. The summed E-state index contributed by atoms with van der Waals surface area (Å²) in [5.74, 6) is 0.0257. The van der Waals surface area contributed by atoms with Gasteiger partial charge in [-0.05, 0) is 41.8 Å². The van der Waals surface area contributed by atoms with Crippen molar-refractivity contribution in [1.29, 1.82) is 0 Å². The number of para-hydroxylation sites is 1. The number of rotatable bonds is 4. The fourth-order valence-electron chi connectivity index (χ4n) is 5.40. The molecule has 6 rings (SSSR count). The van der Waals surface area contributed by atoms with Crippen LogP contribution < -0.4 is 4.90 Å². The number of benzene rings is 4. The van der Waals surface area contributed by atoms with Crippen molar-refractivity contribution in [2.75, 3.05) is 4.90 Å². The first-order chi connectivity index (χ1) is 16.2. The molecule has 0 spiro atoms. The molecule has 4 heteroatoms. The number of Topliss-reactive ketones (excluding diaryl/α,β-unsaturated/α-hetero) is 1. The molecule has 0 bridgehead atoms. The fraction of sp³-hybridized carbons (Fsp3) is 0.138. The summed E-state index contributed by atoms with van der Waals surface area (Å²) in [6, 6.07) is 37.6. The third-order valence-corrected chi connectivity index (χ3v) is 8.93. The molecular weight excluding hydrogens is 490 g/mol. The second-order valence-electron chi connectivity index (χ2n) is 8.59. The Bertz CT molecular complexity index is 1310. The Morgan fingerprint density at radius 3 is 2.18 bits per heavy atom. The molecule has 0 N–H and O–H groups in total. The van der Waals surface area contributed by atoms with E-state index < -0.39 is 4.87 Å². The number of anilines is 1. The zero-order valence-electron chi connectivity index (χ0n) is 17.9. The van der Waals surface area contributed by atoms with Gasteiger partial charge in [0.2, 0.25) is 0 Å². The Hall–Kier alpha value is -2.82. The number of halogens is 1. The van der Waals surface area contributed by atoms with E-state index in [4.69, 9.17) is 0 Å². The summed E-state index contributed by atoms with van der Waals surface area (Å²) in [7, 11) is 0. The topological polar surface area (TPSA) is 20.3 Å². The van der Waals surface area contributed by atoms with E-state index in [1.54, 1.807) is 0 Å². The van der Waals surface area contributed by atoms with E-state index in [1.165, 1.54) is 21.7 Å². The molecule has 3 atom stereocenters. The maximum Gasteiger partial charge on any atom is 0.169 e. The van der Waals surface area contributed by atoms with Crippen LogP contribution in [0.3, 0.4) is 0 Å². The average Bonchev–Trinajstić information content (AvgIpc) is 3.39. The van der Waals surface area contributed by atoms with Gasteiger partial charge in [0.15, 0.2) is 5.78 Å². The lowest BCUT2D eigenvalue weighted by Crippen LogP contribution is -2.42. The first kappa shape index (κ1) is 20.8. The molecule has 1 fully saturated rings. The third kappa shape index (κ3) is 3.27. The second kappa shape index (κ2) is 8.19. The van der Waals surface area contributed by atoms with Gasteiger partial charge in [0.1, 0.15) is 4.87 Å². The minimum Gasteiger partial charge on any atom is -0.344 e. The molecule has 0 saturated carbocycles. The molecule has 0 radical (unpaired) electrons. The molecule has 4 aromatic rings. The van der Waals surface area contributed by atoms with Crippen molar-refractivity contribution >= 4 is 39.2 Å². The van der Waals surface area contributed by atoms with Gasteiger partial charge in [-0.15, -0.1) is 0 Å². The normalized spacial score (nSPS) is 23.2. The third-order valence-electron chi connectivity index (χ3n) is 6.81. The monoisotopic (exact) mass is 511 g/mol. The van der Waals surface area contributed by atoms with Crippen molar-refractivity contribution in [2.45, 2.75) is 22.2 Å². The first-order valence-corrected chi connectivity index (χ1v) is 12.8. The first-order valence-electron chi connectivity index (χ1n) is 11.2. The summed E-state index contributed by atoms with van der Waals surface area (Å²) in [5, 5.41) is 0. The molecule has 2 nitrogen and oxygen atoms in total. The van der Waals surface area contributed by atoms with Crippen molar-refractivity contribution in [3.05, 3.63) is 130 Å². The number of ketones is 1. The summed E-state index contributed by atoms with van der Waals surface area (Å²) in [6.07, 6.45) is 0.769. The van der Waals surface area contributed by atoms with Crippen LogP contribution in [-0.4, -0.2) is 5.78 Å². The number of hydrogen-bond acceptors (Lipinski definition) is 3. The van der Waals surface area contributed by atoms with Crippen LogP contribution >= 0.6 is 27.7 Å². The van der Waals surface area contributed by atoms with Crippen LogP contribution in [0.4, 0.5) is 5.69 Å². The molecule has 2 heterocycles. The highest BCUT2D eigenvalue weighted by Gasteiger charge is 2.61. The second-order valence-corrected chi connectivity index (χ2v) is 10.8. The minimum absolute atomic E-state index is 0.104. The van der Waals surface area contributed by atoms with E-state index in [0.717, 1.165) is 16.5 Å². The average molecular weight is 512 g/mol. The van der Waals surface area contributed by atoms with Crippen LogP contribution in [0.25, 0.3) is 0 Å². The molecular formula is C29H22BrNOS. The largest absolute Gasteiger partial charge is 0.344 e. The molecule has 162 valence electrons. The zero-order valence-corrected chi connectivity index (χ0v) is 20.3. The zero-order chi connectivity index (χ0) is 22.4. The van der Waals surface area contributed by atoms with E-state index in [2.05, 4.69) is 93.6 Å². The smallest absolute Gasteiger partial charge is 0.169 e. The predicted molar refractivity (Wildman–Crippen MR) is 139 cm³/mol. The highest BCUT2D eigenvalue weighted by molar-refractivity contribution is 9.10. The van der Waals surface area contributed by atoms with Crippen molar-refractivity contribution in [3.8, 4) is 0 Å². The maximum atomic E-state index is 14.1. The molecule has 4 aromatic carbocycles. The lowest BCUT2D eigenvalue weighted by molar-refractivity contribution is 0.0903. The number of thioether (sulfide) groups is 1. The van der Waals surface area contributed by atoms with Crippen LogP contribution in [0.15, 0.2) is 119 Å². The van der Waals surface area contributed by atoms with Gasteiger partial charge in [0.05, 0.1) is 17.6 Å². The number of carbonyl (C=O) groups is 1. The quantitative estimate of drug-likeness (QED) is 0.260. The number of hydrogen-bond donors (Lipinski definition) is 0. The summed E-state index contributed by atoms with van der Waals surface area (Å²) in [5.41, 5.74) is 4.41. The van der Waals surface area contributed by atoms with Gasteiger partial charge in [-0.25, -0.2) is 0 Å². The Morgan fingerprint density at radius 1 is 0.818 bits per heavy atom. The van der Waals surface area contributed by atoms with Gasteiger partial charge in [-0.2, -0.15) is 0 Å². The van der Waals surface area contributed by atoms with Gasteiger partial charge in [0, 0.05) is 14.9 Å². The molecule has 1 saturated heterocycles.